The molecule has 1 atom stereocenters. The molecule has 0 bridgehead atoms. The zero-order valence-electron chi connectivity index (χ0n) is 15.4. The van der Waals surface area contributed by atoms with Crippen molar-refractivity contribution in [2.24, 2.45) is 0 Å². The van der Waals surface area contributed by atoms with Crippen molar-refractivity contribution < 1.29 is 17.9 Å². The molecule has 0 fully saturated rings. The minimum absolute atomic E-state index is 0.221. The van der Waals surface area contributed by atoms with Gasteiger partial charge in [0, 0.05) is 17.7 Å². The van der Waals surface area contributed by atoms with Crippen LogP contribution in [0.4, 0.5) is 18.9 Å². The molecule has 28 heavy (non-hydrogen) atoms. The highest BCUT2D eigenvalue weighted by Gasteiger charge is 2.35. The lowest BCUT2D eigenvalue weighted by Crippen LogP contribution is -2.23. The lowest BCUT2D eigenvalue weighted by Gasteiger charge is -2.16. The highest BCUT2D eigenvalue weighted by atomic mass is 19.4. The third-order valence-corrected chi connectivity index (χ3v) is 4.97. The maximum absolute atomic E-state index is 13.5. The Morgan fingerprint density at radius 1 is 0.964 bits per heavy atom. The number of anilines is 1. The molecule has 1 aliphatic heterocycles. The first-order valence-corrected chi connectivity index (χ1v) is 9.17. The van der Waals surface area contributed by atoms with E-state index in [1.54, 1.807) is 0 Å². The molecule has 3 aromatic carbocycles. The van der Waals surface area contributed by atoms with Crippen molar-refractivity contribution >= 4 is 5.69 Å². The van der Waals surface area contributed by atoms with Crippen LogP contribution in [0.25, 0.3) is 11.1 Å². The van der Waals surface area contributed by atoms with Crippen molar-refractivity contribution in [2.45, 2.75) is 25.6 Å². The van der Waals surface area contributed by atoms with Crippen LogP contribution in [0.2, 0.25) is 0 Å². The second-order valence-electron chi connectivity index (χ2n) is 7.02. The van der Waals surface area contributed by atoms with Crippen LogP contribution in [-0.2, 0) is 12.6 Å². The van der Waals surface area contributed by atoms with Crippen LogP contribution in [0.3, 0.4) is 0 Å². The Bertz CT molecular complexity index is 983. The molecule has 0 radical (unpaired) electrons. The quantitative estimate of drug-likeness (QED) is 0.588. The van der Waals surface area contributed by atoms with Crippen molar-refractivity contribution in [2.75, 3.05) is 11.9 Å². The minimum Gasteiger partial charge on any atom is -0.487 e. The Morgan fingerprint density at radius 3 is 2.39 bits per heavy atom. The van der Waals surface area contributed by atoms with Crippen LogP contribution in [0.5, 0.6) is 5.75 Å². The Morgan fingerprint density at radius 2 is 1.68 bits per heavy atom. The molecule has 2 nitrogen and oxygen atoms in total. The normalized spacial score (nSPS) is 15.8. The van der Waals surface area contributed by atoms with Gasteiger partial charge >= 0.3 is 6.18 Å². The number of aryl methyl sites for hydroxylation is 1. The predicted octanol–water partition coefficient (Wildman–Crippen LogP) is 6.10. The van der Waals surface area contributed by atoms with E-state index in [9.17, 15) is 13.2 Å². The largest absolute Gasteiger partial charge is 0.487 e. The van der Waals surface area contributed by atoms with E-state index in [0.717, 1.165) is 16.8 Å². The molecule has 1 aliphatic rings. The van der Waals surface area contributed by atoms with Gasteiger partial charge in [-0.2, -0.15) is 13.2 Å². The summed E-state index contributed by atoms with van der Waals surface area (Å²) in [7, 11) is 0. The molecule has 0 aliphatic carbocycles. The smallest absolute Gasteiger partial charge is 0.416 e. The van der Waals surface area contributed by atoms with Gasteiger partial charge < -0.3 is 10.1 Å². The van der Waals surface area contributed by atoms with Crippen LogP contribution in [0, 0.1) is 6.92 Å². The molecular formula is C23H20F3NO. The molecule has 0 amide bonds. The van der Waals surface area contributed by atoms with Gasteiger partial charge in [0.2, 0.25) is 0 Å². The van der Waals surface area contributed by atoms with Crippen LogP contribution in [0.1, 0.15) is 16.7 Å². The van der Waals surface area contributed by atoms with Gasteiger partial charge in [-0.15, -0.1) is 0 Å². The maximum Gasteiger partial charge on any atom is 0.416 e. The molecule has 0 spiro atoms. The van der Waals surface area contributed by atoms with E-state index in [-0.39, 0.29) is 6.10 Å². The summed E-state index contributed by atoms with van der Waals surface area (Å²) in [4.78, 5) is 0. The number of benzene rings is 3. The number of hydrogen-bond acceptors (Lipinski definition) is 2. The molecular weight excluding hydrogens is 363 g/mol. The van der Waals surface area contributed by atoms with Gasteiger partial charge in [-0.1, -0.05) is 42.5 Å². The van der Waals surface area contributed by atoms with Crippen molar-refractivity contribution in [3.8, 4) is 16.9 Å². The van der Waals surface area contributed by atoms with E-state index >= 15 is 0 Å². The van der Waals surface area contributed by atoms with Gasteiger partial charge in [-0.05, 0) is 47.9 Å². The number of fused-ring (bicyclic) bond motifs is 1. The zero-order chi connectivity index (χ0) is 19.7. The molecule has 0 saturated carbocycles. The van der Waals surface area contributed by atoms with Crippen molar-refractivity contribution in [1.29, 1.82) is 0 Å². The van der Waals surface area contributed by atoms with Crippen LogP contribution in [-0.4, -0.2) is 12.6 Å². The van der Waals surface area contributed by atoms with E-state index in [1.807, 2.05) is 61.5 Å². The fourth-order valence-electron chi connectivity index (χ4n) is 3.57. The maximum atomic E-state index is 13.5. The summed E-state index contributed by atoms with van der Waals surface area (Å²) in [5.41, 5.74) is 3.11. The second-order valence-corrected chi connectivity index (χ2v) is 7.02. The molecule has 0 aromatic heterocycles. The van der Waals surface area contributed by atoms with Crippen LogP contribution < -0.4 is 10.1 Å². The Labute approximate surface area is 162 Å². The van der Waals surface area contributed by atoms with Gasteiger partial charge in [-0.25, -0.2) is 0 Å². The SMILES string of the molecule is Cc1ccccc1-c1cc(C(F)(F)F)cc2c1OC(CNc1ccccc1)C2. The van der Waals surface area contributed by atoms with Gasteiger partial charge in [0.05, 0.1) is 12.1 Å². The summed E-state index contributed by atoms with van der Waals surface area (Å²) in [6.07, 6.45) is -4.17. The number of nitrogens with one attached hydrogen (secondary N) is 1. The third kappa shape index (κ3) is 3.70. The van der Waals surface area contributed by atoms with E-state index in [1.165, 1.54) is 12.1 Å². The number of hydrogen-bond donors (Lipinski definition) is 1. The highest BCUT2D eigenvalue weighted by molar-refractivity contribution is 5.76. The third-order valence-electron chi connectivity index (χ3n) is 4.97. The number of para-hydroxylation sites is 1. The zero-order valence-corrected chi connectivity index (χ0v) is 15.4. The summed E-state index contributed by atoms with van der Waals surface area (Å²) in [6, 6.07) is 19.5. The van der Waals surface area contributed by atoms with Crippen molar-refractivity contribution in [3.05, 3.63) is 83.4 Å². The van der Waals surface area contributed by atoms with E-state index < -0.39 is 11.7 Å². The molecule has 0 saturated heterocycles. The second kappa shape index (κ2) is 7.23. The number of rotatable bonds is 4. The van der Waals surface area contributed by atoms with Crippen LogP contribution in [0.15, 0.2) is 66.7 Å². The van der Waals surface area contributed by atoms with Gasteiger partial charge in [-0.3, -0.25) is 0 Å². The van der Waals surface area contributed by atoms with Gasteiger partial charge in [0.25, 0.3) is 0 Å². The fourth-order valence-corrected chi connectivity index (χ4v) is 3.57. The molecule has 5 heteroatoms. The van der Waals surface area contributed by atoms with E-state index in [4.69, 9.17) is 4.74 Å². The Kier molecular flexibility index (Phi) is 4.75. The topological polar surface area (TPSA) is 21.3 Å². The monoisotopic (exact) mass is 383 g/mol. The molecule has 3 aromatic rings. The number of ether oxygens (including phenoxy) is 1. The summed E-state index contributed by atoms with van der Waals surface area (Å²) in [5, 5.41) is 3.29. The first kappa shape index (κ1) is 18.4. The first-order valence-electron chi connectivity index (χ1n) is 9.17. The van der Waals surface area contributed by atoms with Crippen molar-refractivity contribution in [3.63, 3.8) is 0 Å². The summed E-state index contributed by atoms with van der Waals surface area (Å²) < 4.78 is 46.5. The highest BCUT2D eigenvalue weighted by Crippen LogP contribution is 2.44. The lowest BCUT2D eigenvalue weighted by atomic mass is 9.94. The van der Waals surface area contributed by atoms with Crippen LogP contribution >= 0.6 is 0 Å². The molecule has 1 N–H and O–H groups in total. The standard InChI is InChI=1S/C23H20F3NO/c1-15-7-5-6-10-20(15)21-13-17(23(24,25)26)11-16-12-19(28-22(16)21)14-27-18-8-3-2-4-9-18/h2-11,13,19,27H,12,14H2,1H3. The van der Waals surface area contributed by atoms with E-state index in [2.05, 4.69) is 5.32 Å². The molecule has 1 unspecified atom stereocenters. The molecule has 4 rings (SSSR count). The number of alkyl halides is 3. The average Bonchev–Trinajstić information content (AvgIpc) is 3.09. The minimum atomic E-state index is -4.40. The summed E-state index contributed by atoms with van der Waals surface area (Å²) in [5.74, 6) is 0.558. The molecule has 144 valence electrons. The summed E-state index contributed by atoms with van der Waals surface area (Å²) >= 11 is 0. The molecule has 1 heterocycles. The Balaban J connectivity index is 1.67. The first-order chi connectivity index (χ1) is 13.4. The van der Waals surface area contributed by atoms with Crippen molar-refractivity contribution in [1.82, 2.24) is 0 Å². The van der Waals surface area contributed by atoms with E-state index in [0.29, 0.717) is 29.8 Å². The average molecular weight is 383 g/mol. The van der Waals surface area contributed by atoms with Gasteiger partial charge in [0.15, 0.2) is 0 Å². The fraction of sp³-hybridized carbons (Fsp3) is 0.217. The predicted molar refractivity (Wildman–Crippen MR) is 105 cm³/mol. The van der Waals surface area contributed by atoms with Gasteiger partial charge in [0.1, 0.15) is 11.9 Å². The lowest BCUT2D eigenvalue weighted by molar-refractivity contribution is -0.137. The summed E-state index contributed by atoms with van der Waals surface area (Å²) in [6.45, 7) is 2.42. The number of halogens is 3. The Hall–Kier alpha value is -2.95.